The predicted molar refractivity (Wildman–Crippen MR) is 87.3 cm³/mol. The lowest BCUT2D eigenvalue weighted by Gasteiger charge is -2.23. The number of rotatable bonds is 6. The molecule has 0 saturated carbocycles. The molecule has 0 aliphatic rings. The van der Waals surface area contributed by atoms with E-state index in [1.807, 2.05) is 43.0 Å². The van der Waals surface area contributed by atoms with E-state index in [1.54, 1.807) is 18.2 Å². The van der Waals surface area contributed by atoms with Gasteiger partial charge in [0.2, 0.25) is 5.91 Å². The van der Waals surface area contributed by atoms with Crippen LogP contribution in [-0.4, -0.2) is 19.0 Å². The van der Waals surface area contributed by atoms with Crippen LogP contribution in [0.25, 0.3) is 0 Å². The highest BCUT2D eigenvalue weighted by Crippen LogP contribution is 2.15. The summed E-state index contributed by atoms with van der Waals surface area (Å²) in [5.74, 6) is -0.416. The van der Waals surface area contributed by atoms with E-state index in [0.29, 0.717) is 5.56 Å². The van der Waals surface area contributed by atoms with Crippen LogP contribution in [0.4, 0.5) is 10.1 Å². The Morgan fingerprint density at radius 1 is 1.18 bits per heavy atom. The summed E-state index contributed by atoms with van der Waals surface area (Å²) in [5, 5.41) is 2.77. The lowest BCUT2D eigenvalue weighted by Crippen LogP contribution is -2.37. The normalized spacial score (nSPS) is 10.3. The summed E-state index contributed by atoms with van der Waals surface area (Å²) in [6.07, 6.45) is 0. The van der Waals surface area contributed by atoms with E-state index in [4.69, 9.17) is 0 Å². The zero-order valence-electron chi connectivity index (χ0n) is 13.0. The van der Waals surface area contributed by atoms with Crippen LogP contribution in [0.2, 0.25) is 0 Å². The monoisotopic (exact) mass is 300 g/mol. The Bertz CT molecular complexity index is 642. The second-order valence-electron chi connectivity index (χ2n) is 5.22. The Kier molecular flexibility index (Phi) is 5.53. The van der Waals surface area contributed by atoms with Crippen LogP contribution in [0, 0.1) is 12.7 Å². The van der Waals surface area contributed by atoms with Crippen molar-refractivity contribution in [1.29, 1.82) is 0 Å². The largest absolute Gasteiger partial charge is 0.362 e. The van der Waals surface area contributed by atoms with E-state index in [9.17, 15) is 9.18 Å². The number of hydrogen-bond donors (Lipinski definition) is 1. The lowest BCUT2D eigenvalue weighted by molar-refractivity contribution is -0.119. The van der Waals surface area contributed by atoms with Gasteiger partial charge in [0.1, 0.15) is 5.82 Å². The van der Waals surface area contributed by atoms with E-state index in [0.717, 1.165) is 17.8 Å². The zero-order valence-corrected chi connectivity index (χ0v) is 13.0. The molecule has 0 fully saturated rings. The van der Waals surface area contributed by atoms with Gasteiger partial charge in [-0.2, -0.15) is 0 Å². The average molecular weight is 300 g/mol. The number of carbonyl (C=O) groups is 1. The van der Waals surface area contributed by atoms with Crippen molar-refractivity contribution in [2.75, 3.05) is 18.0 Å². The van der Waals surface area contributed by atoms with Gasteiger partial charge in [0.25, 0.3) is 0 Å². The third kappa shape index (κ3) is 4.32. The number of nitrogens with one attached hydrogen (secondary N) is 1. The second-order valence-corrected chi connectivity index (χ2v) is 5.22. The first-order valence-electron chi connectivity index (χ1n) is 7.42. The van der Waals surface area contributed by atoms with E-state index in [-0.39, 0.29) is 24.8 Å². The van der Waals surface area contributed by atoms with Gasteiger partial charge in [-0.3, -0.25) is 4.79 Å². The maximum absolute atomic E-state index is 13.5. The van der Waals surface area contributed by atoms with Crippen LogP contribution in [0.3, 0.4) is 0 Å². The summed E-state index contributed by atoms with van der Waals surface area (Å²) in [5.41, 5.74) is 2.67. The molecule has 0 aliphatic carbocycles. The summed E-state index contributed by atoms with van der Waals surface area (Å²) in [6.45, 7) is 5.23. The second kappa shape index (κ2) is 7.59. The highest BCUT2D eigenvalue weighted by atomic mass is 19.1. The van der Waals surface area contributed by atoms with Crippen LogP contribution in [-0.2, 0) is 11.3 Å². The lowest BCUT2D eigenvalue weighted by atomic mass is 10.2. The van der Waals surface area contributed by atoms with Crippen LogP contribution in [0.1, 0.15) is 18.1 Å². The Morgan fingerprint density at radius 3 is 2.64 bits per heavy atom. The first-order chi connectivity index (χ1) is 10.6. The highest BCUT2D eigenvalue weighted by molar-refractivity contribution is 5.81. The molecule has 2 aromatic carbocycles. The quantitative estimate of drug-likeness (QED) is 0.888. The highest BCUT2D eigenvalue weighted by Gasteiger charge is 2.10. The van der Waals surface area contributed by atoms with Gasteiger partial charge in [0.15, 0.2) is 0 Å². The molecule has 3 nitrogen and oxygen atoms in total. The number of likely N-dealkylation sites (N-methyl/N-ethyl adjacent to an activating group) is 1. The molecule has 0 heterocycles. The van der Waals surface area contributed by atoms with Crippen molar-refractivity contribution < 1.29 is 9.18 Å². The minimum atomic E-state index is -0.297. The van der Waals surface area contributed by atoms with E-state index < -0.39 is 0 Å². The Morgan fingerprint density at radius 2 is 1.95 bits per heavy atom. The molecular weight excluding hydrogens is 279 g/mol. The third-order valence-corrected chi connectivity index (χ3v) is 3.52. The molecule has 1 amide bonds. The van der Waals surface area contributed by atoms with Gasteiger partial charge in [-0.15, -0.1) is 0 Å². The molecule has 0 atom stereocenters. The molecule has 1 N–H and O–H groups in total. The molecule has 0 spiro atoms. The summed E-state index contributed by atoms with van der Waals surface area (Å²) < 4.78 is 13.5. The number of carbonyl (C=O) groups excluding carboxylic acids is 1. The topological polar surface area (TPSA) is 32.3 Å². The number of anilines is 1. The molecule has 116 valence electrons. The number of halogens is 1. The molecule has 0 unspecified atom stereocenters. The number of nitrogens with zero attached hydrogens (tertiary/aromatic N) is 1. The van der Waals surface area contributed by atoms with Crippen molar-refractivity contribution in [2.24, 2.45) is 0 Å². The van der Waals surface area contributed by atoms with Crippen molar-refractivity contribution in [2.45, 2.75) is 20.4 Å². The number of aryl methyl sites for hydroxylation is 1. The minimum absolute atomic E-state index is 0.119. The smallest absolute Gasteiger partial charge is 0.239 e. The number of benzene rings is 2. The molecule has 2 aromatic rings. The average Bonchev–Trinajstić information content (AvgIpc) is 2.52. The van der Waals surface area contributed by atoms with Crippen molar-refractivity contribution in [1.82, 2.24) is 5.32 Å². The molecule has 22 heavy (non-hydrogen) atoms. The Hall–Kier alpha value is -2.36. The molecular formula is C18H21FN2O. The predicted octanol–water partition coefficient (Wildman–Crippen LogP) is 3.28. The molecule has 4 heteroatoms. The summed E-state index contributed by atoms with van der Waals surface area (Å²) in [6, 6.07) is 14.5. The van der Waals surface area contributed by atoms with Crippen LogP contribution >= 0.6 is 0 Å². The molecule has 0 bridgehead atoms. The maximum atomic E-state index is 13.5. The van der Waals surface area contributed by atoms with Crippen molar-refractivity contribution in [3.8, 4) is 0 Å². The van der Waals surface area contributed by atoms with Gasteiger partial charge in [-0.05, 0) is 37.6 Å². The van der Waals surface area contributed by atoms with E-state index in [2.05, 4.69) is 5.32 Å². The van der Waals surface area contributed by atoms with Crippen molar-refractivity contribution in [3.63, 3.8) is 0 Å². The standard InChI is InChI=1S/C18H21FN2O/c1-3-21(16-9-6-7-14(2)11-16)13-18(22)20-12-15-8-4-5-10-17(15)19/h4-11H,3,12-13H2,1-2H3,(H,20,22). The number of hydrogen-bond acceptors (Lipinski definition) is 2. The fraction of sp³-hybridized carbons (Fsp3) is 0.278. The van der Waals surface area contributed by atoms with E-state index >= 15 is 0 Å². The summed E-state index contributed by atoms with van der Waals surface area (Å²) in [7, 11) is 0. The van der Waals surface area contributed by atoms with Crippen LogP contribution in [0.15, 0.2) is 48.5 Å². The van der Waals surface area contributed by atoms with Gasteiger partial charge in [0, 0.05) is 24.3 Å². The minimum Gasteiger partial charge on any atom is -0.362 e. The Balaban J connectivity index is 1.94. The zero-order chi connectivity index (χ0) is 15.9. The Labute approximate surface area is 130 Å². The first kappa shape index (κ1) is 16.0. The van der Waals surface area contributed by atoms with Gasteiger partial charge >= 0.3 is 0 Å². The van der Waals surface area contributed by atoms with Gasteiger partial charge < -0.3 is 10.2 Å². The van der Waals surface area contributed by atoms with E-state index in [1.165, 1.54) is 6.07 Å². The van der Waals surface area contributed by atoms with Crippen molar-refractivity contribution >= 4 is 11.6 Å². The summed E-state index contributed by atoms with van der Waals surface area (Å²) >= 11 is 0. The fourth-order valence-electron chi connectivity index (χ4n) is 2.28. The first-order valence-corrected chi connectivity index (χ1v) is 7.42. The molecule has 0 saturated heterocycles. The SMILES string of the molecule is CCN(CC(=O)NCc1ccccc1F)c1cccc(C)c1. The fourth-order valence-corrected chi connectivity index (χ4v) is 2.28. The maximum Gasteiger partial charge on any atom is 0.239 e. The van der Waals surface area contributed by atoms with Crippen LogP contribution < -0.4 is 10.2 Å². The van der Waals surface area contributed by atoms with Gasteiger partial charge in [0.05, 0.1) is 6.54 Å². The molecule has 2 rings (SSSR count). The summed E-state index contributed by atoms with van der Waals surface area (Å²) in [4.78, 5) is 14.1. The van der Waals surface area contributed by atoms with Crippen molar-refractivity contribution in [3.05, 3.63) is 65.5 Å². The molecule has 0 aromatic heterocycles. The van der Waals surface area contributed by atoms with Crippen LogP contribution in [0.5, 0.6) is 0 Å². The molecule has 0 aliphatic heterocycles. The van der Waals surface area contributed by atoms with Gasteiger partial charge in [-0.25, -0.2) is 4.39 Å². The third-order valence-electron chi connectivity index (χ3n) is 3.52. The van der Waals surface area contributed by atoms with Gasteiger partial charge in [-0.1, -0.05) is 30.3 Å². The number of amides is 1. The molecule has 0 radical (unpaired) electrons.